The number of benzene rings is 1. The number of fused-ring (bicyclic) bond motifs is 1. The van der Waals surface area contributed by atoms with E-state index in [0.29, 0.717) is 0 Å². The van der Waals surface area contributed by atoms with Crippen molar-refractivity contribution in [1.29, 1.82) is 0 Å². The Balaban J connectivity index is 2.55. The van der Waals surface area contributed by atoms with Gasteiger partial charge in [0.15, 0.2) is 0 Å². The van der Waals surface area contributed by atoms with Crippen LogP contribution in [-0.4, -0.2) is 12.8 Å². The van der Waals surface area contributed by atoms with Crippen molar-refractivity contribution in [2.75, 3.05) is 7.11 Å². The normalized spacial score (nSPS) is 17.5. The van der Waals surface area contributed by atoms with Gasteiger partial charge in [-0.15, -0.1) is 0 Å². The number of hydrogen-bond donors (Lipinski definition) is 1. The van der Waals surface area contributed by atoms with E-state index >= 15 is 0 Å². The summed E-state index contributed by atoms with van der Waals surface area (Å²) in [6, 6.07) is 5.98. The second-order valence-electron chi connectivity index (χ2n) is 3.06. The molecule has 13 heavy (non-hydrogen) atoms. The molecule has 3 heteroatoms. The molecule has 1 aromatic carbocycles. The summed E-state index contributed by atoms with van der Waals surface area (Å²) >= 11 is 0. The molecule has 3 nitrogen and oxygen atoms in total. The number of rotatable bonds is 1. The van der Waals surface area contributed by atoms with Crippen LogP contribution in [0.3, 0.4) is 0 Å². The van der Waals surface area contributed by atoms with E-state index in [2.05, 4.69) is 5.10 Å². The maximum absolute atomic E-state index is 5.29. The molecule has 1 aromatic rings. The summed E-state index contributed by atoms with van der Waals surface area (Å²) in [5.74, 6) is 6.23. The van der Waals surface area contributed by atoms with E-state index in [1.807, 2.05) is 18.2 Å². The summed E-state index contributed by atoms with van der Waals surface area (Å²) in [6.07, 6.45) is 1.90. The van der Waals surface area contributed by atoms with E-state index < -0.39 is 0 Å². The number of hydrazone groups is 1. The van der Waals surface area contributed by atoms with Gasteiger partial charge in [-0.2, -0.15) is 5.10 Å². The monoisotopic (exact) mass is 176 g/mol. The lowest BCUT2D eigenvalue weighted by Gasteiger charge is -2.05. The Morgan fingerprint density at radius 3 is 2.92 bits per heavy atom. The summed E-state index contributed by atoms with van der Waals surface area (Å²) in [5.41, 5.74) is 3.35. The number of hydrogen-bond acceptors (Lipinski definition) is 3. The van der Waals surface area contributed by atoms with Crippen LogP contribution in [0.25, 0.3) is 0 Å². The van der Waals surface area contributed by atoms with Gasteiger partial charge in [-0.05, 0) is 18.9 Å². The molecule has 0 unspecified atom stereocenters. The predicted octanol–water partition coefficient (Wildman–Crippen LogP) is 1.30. The third-order valence-electron chi connectivity index (χ3n) is 2.43. The summed E-state index contributed by atoms with van der Waals surface area (Å²) < 4.78 is 5.25. The van der Waals surface area contributed by atoms with Crippen LogP contribution in [0.1, 0.15) is 17.5 Å². The molecular weight excluding hydrogens is 164 g/mol. The van der Waals surface area contributed by atoms with Crippen molar-refractivity contribution in [3.63, 3.8) is 0 Å². The molecule has 0 bridgehead atoms. The smallest absolute Gasteiger partial charge is 0.122 e. The van der Waals surface area contributed by atoms with Gasteiger partial charge in [-0.3, -0.25) is 0 Å². The van der Waals surface area contributed by atoms with Crippen molar-refractivity contribution in [3.8, 4) is 5.75 Å². The van der Waals surface area contributed by atoms with Crippen LogP contribution in [0.15, 0.2) is 23.3 Å². The van der Waals surface area contributed by atoms with Gasteiger partial charge in [-0.25, -0.2) is 0 Å². The molecule has 2 rings (SSSR count). The average molecular weight is 176 g/mol. The SMILES string of the molecule is COc1cccc2c1CC/C2=N/N. The minimum atomic E-state index is 0.923. The number of ether oxygens (including phenoxy) is 1. The lowest BCUT2D eigenvalue weighted by Crippen LogP contribution is -1.98. The van der Waals surface area contributed by atoms with Gasteiger partial charge in [0.05, 0.1) is 12.8 Å². The van der Waals surface area contributed by atoms with E-state index in [1.54, 1.807) is 7.11 Å². The first-order valence-corrected chi connectivity index (χ1v) is 4.30. The van der Waals surface area contributed by atoms with Gasteiger partial charge in [0.25, 0.3) is 0 Å². The summed E-state index contributed by atoms with van der Waals surface area (Å²) in [6.45, 7) is 0. The zero-order valence-electron chi connectivity index (χ0n) is 7.58. The third-order valence-corrected chi connectivity index (χ3v) is 2.43. The first-order valence-electron chi connectivity index (χ1n) is 4.30. The maximum atomic E-state index is 5.29. The molecule has 2 N–H and O–H groups in total. The van der Waals surface area contributed by atoms with Gasteiger partial charge in [0.2, 0.25) is 0 Å². The first kappa shape index (κ1) is 8.10. The van der Waals surface area contributed by atoms with Crippen LogP contribution in [-0.2, 0) is 6.42 Å². The molecular formula is C10H12N2O. The second-order valence-corrected chi connectivity index (χ2v) is 3.06. The van der Waals surface area contributed by atoms with E-state index in [9.17, 15) is 0 Å². The Morgan fingerprint density at radius 2 is 2.23 bits per heavy atom. The zero-order valence-corrected chi connectivity index (χ0v) is 7.58. The zero-order chi connectivity index (χ0) is 9.26. The fourth-order valence-electron chi connectivity index (χ4n) is 1.80. The fourth-order valence-corrected chi connectivity index (χ4v) is 1.80. The largest absolute Gasteiger partial charge is 0.496 e. The first-order chi connectivity index (χ1) is 6.36. The van der Waals surface area contributed by atoms with E-state index in [0.717, 1.165) is 29.9 Å². The van der Waals surface area contributed by atoms with Gasteiger partial charge in [0, 0.05) is 11.1 Å². The van der Waals surface area contributed by atoms with Crippen LogP contribution in [0.4, 0.5) is 0 Å². The number of nitrogens with zero attached hydrogens (tertiary/aromatic N) is 1. The summed E-state index contributed by atoms with van der Waals surface area (Å²) in [7, 11) is 1.69. The molecule has 0 heterocycles. The molecule has 0 aromatic heterocycles. The minimum absolute atomic E-state index is 0.923. The van der Waals surface area contributed by atoms with Gasteiger partial charge < -0.3 is 10.6 Å². The van der Waals surface area contributed by atoms with Crippen LogP contribution in [0.2, 0.25) is 0 Å². The molecule has 0 fully saturated rings. The predicted molar refractivity (Wildman–Crippen MR) is 52.0 cm³/mol. The lowest BCUT2D eigenvalue weighted by atomic mass is 10.1. The van der Waals surface area contributed by atoms with Crippen LogP contribution in [0.5, 0.6) is 5.75 Å². The Kier molecular flexibility index (Phi) is 1.93. The molecule has 0 amide bonds. The van der Waals surface area contributed by atoms with Crippen molar-refractivity contribution in [1.82, 2.24) is 0 Å². The van der Waals surface area contributed by atoms with Crippen molar-refractivity contribution in [2.45, 2.75) is 12.8 Å². The number of methoxy groups -OCH3 is 1. The molecule has 0 saturated heterocycles. The van der Waals surface area contributed by atoms with Crippen molar-refractivity contribution in [3.05, 3.63) is 29.3 Å². The summed E-state index contributed by atoms with van der Waals surface area (Å²) in [5, 5.41) is 3.77. The standard InChI is InChI=1S/C10H12N2O/c1-13-10-4-2-3-7-8(10)5-6-9(7)12-11/h2-4H,5-6,11H2,1H3/b12-9-. The van der Waals surface area contributed by atoms with Crippen molar-refractivity contribution >= 4 is 5.71 Å². The third kappa shape index (κ3) is 1.16. The Hall–Kier alpha value is -1.51. The Labute approximate surface area is 77.2 Å². The second kappa shape index (κ2) is 3.09. The Bertz CT molecular complexity index is 358. The average Bonchev–Trinajstić information content (AvgIpc) is 2.60. The van der Waals surface area contributed by atoms with Crippen molar-refractivity contribution in [2.24, 2.45) is 10.9 Å². The molecule has 68 valence electrons. The molecule has 0 aliphatic heterocycles. The van der Waals surface area contributed by atoms with E-state index in [1.165, 1.54) is 5.56 Å². The highest BCUT2D eigenvalue weighted by Gasteiger charge is 2.20. The molecule has 0 radical (unpaired) electrons. The Morgan fingerprint density at radius 1 is 1.38 bits per heavy atom. The fraction of sp³-hybridized carbons (Fsp3) is 0.300. The number of nitrogens with two attached hydrogens (primary N) is 1. The molecule has 0 spiro atoms. The van der Waals surface area contributed by atoms with Crippen LogP contribution >= 0.6 is 0 Å². The van der Waals surface area contributed by atoms with Gasteiger partial charge >= 0.3 is 0 Å². The highest BCUT2D eigenvalue weighted by molar-refractivity contribution is 6.04. The lowest BCUT2D eigenvalue weighted by molar-refractivity contribution is 0.410. The quantitative estimate of drug-likeness (QED) is 0.518. The minimum Gasteiger partial charge on any atom is -0.496 e. The van der Waals surface area contributed by atoms with E-state index in [-0.39, 0.29) is 0 Å². The topological polar surface area (TPSA) is 47.6 Å². The maximum Gasteiger partial charge on any atom is 0.122 e. The van der Waals surface area contributed by atoms with Gasteiger partial charge in [0.1, 0.15) is 5.75 Å². The molecule has 1 aliphatic carbocycles. The van der Waals surface area contributed by atoms with Crippen molar-refractivity contribution < 1.29 is 4.74 Å². The highest BCUT2D eigenvalue weighted by Crippen LogP contribution is 2.30. The summed E-state index contributed by atoms with van der Waals surface area (Å²) in [4.78, 5) is 0. The van der Waals surface area contributed by atoms with Gasteiger partial charge in [-0.1, -0.05) is 12.1 Å². The molecule has 0 atom stereocenters. The molecule has 0 saturated carbocycles. The van der Waals surface area contributed by atoms with E-state index in [4.69, 9.17) is 10.6 Å². The van der Waals surface area contributed by atoms with Crippen LogP contribution in [0, 0.1) is 0 Å². The highest BCUT2D eigenvalue weighted by atomic mass is 16.5. The molecule has 1 aliphatic rings. The van der Waals surface area contributed by atoms with Crippen LogP contribution < -0.4 is 10.6 Å².